The maximum absolute atomic E-state index is 5.18. The molecule has 0 aliphatic rings. The first-order valence-electron chi connectivity index (χ1n) is 9.42. The lowest BCUT2D eigenvalue weighted by Crippen LogP contribution is -2.05. The topological polar surface area (TPSA) is 126 Å². The Hall–Kier alpha value is -4.35. The first-order chi connectivity index (χ1) is 15.0. The normalized spacial score (nSPS) is 11.2. The van der Waals surface area contributed by atoms with Crippen LogP contribution in [0.15, 0.2) is 36.8 Å². The van der Waals surface area contributed by atoms with Gasteiger partial charge in [0.05, 0.1) is 30.6 Å². The van der Waals surface area contributed by atoms with Crippen LogP contribution in [-0.2, 0) is 14.1 Å². The fourth-order valence-corrected chi connectivity index (χ4v) is 3.19. The van der Waals surface area contributed by atoms with Crippen molar-refractivity contribution in [2.45, 2.75) is 6.92 Å². The van der Waals surface area contributed by atoms with Gasteiger partial charge in [-0.15, -0.1) is 0 Å². The van der Waals surface area contributed by atoms with Crippen molar-refractivity contribution in [3.05, 3.63) is 42.5 Å². The van der Waals surface area contributed by atoms with E-state index in [9.17, 15) is 0 Å². The van der Waals surface area contributed by atoms with E-state index < -0.39 is 0 Å². The molecule has 5 rings (SSSR count). The Balaban J connectivity index is 1.55. The van der Waals surface area contributed by atoms with Crippen molar-refractivity contribution in [2.75, 3.05) is 12.4 Å². The van der Waals surface area contributed by atoms with Gasteiger partial charge >= 0.3 is 0 Å². The summed E-state index contributed by atoms with van der Waals surface area (Å²) in [5, 5.41) is 21.8. The van der Waals surface area contributed by atoms with Crippen LogP contribution in [0.3, 0.4) is 0 Å². The number of fused-ring (bicyclic) bond motifs is 1. The van der Waals surface area contributed by atoms with Crippen molar-refractivity contribution in [3.8, 4) is 23.1 Å². The molecule has 0 atom stereocenters. The molecule has 0 aliphatic carbocycles. The van der Waals surface area contributed by atoms with Crippen molar-refractivity contribution in [3.63, 3.8) is 0 Å². The maximum Gasteiger partial charge on any atom is 0.216 e. The number of anilines is 2. The predicted octanol–water partition coefficient (Wildman–Crippen LogP) is 1.80. The lowest BCUT2D eigenvalue weighted by atomic mass is 10.3. The minimum absolute atomic E-state index is 0.468. The van der Waals surface area contributed by atoms with E-state index in [-0.39, 0.29) is 0 Å². The van der Waals surface area contributed by atoms with Crippen LogP contribution < -0.4 is 10.1 Å². The molecule has 5 heterocycles. The largest absolute Gasteiger partial charge is 0.481 e. The Kier molecular flexibility index (Phi) is 4.31. The molecule has 1 N–H and O–H groups in total. The molecule has 12 nitrogen and oxygen atoms in total. The Labute approximate surface area is 176 Å². The molecule has 0 aromatic carbocycles. The van der Waals surface area contributed by atoms with Crippen LogP contribution in [-0.4, -0.2) is 56.6 Å². The molecule has 0 radical (unpaired) electrons. The molecule has 0 saturated heterocycles. The van der Waals surface area contributed by atoms with Crippen molar-refractivity contribution in [2.24, 2.45) is 14.1 Å². The first-order valence-corrected chi connectivity index (χ1v) is 9.42. The van der Waals surface area contributed by atoms with E-state index in [1.54, 1.807) is 45.9 Å². The minimum Gasteiger partial charge on any atom is -0.481 e. The van der Waals surface area contributed by atoms with Gasteiger partial charge in [-0.25, -0.2) is 9.97 Å². The third-order valence-electron chi connectivity index (χ3n) is 4.71. The zero-order valence-electron chi connectivity index (χ0n) is 17.3. The number of aromatic nitrogens is 10. The fourth-order valence-electron chi connectivity index (χ4n) is 3.19. The number of rotatable bonds is 5. The summed E-state index contributed by atoms with van der Waals surface area (Å²) in [6.45, 7) is 1.89. The standard InChI is InChI=1S/C19H19N11O/c1-11-9-22-30(26-11)14-8-15(24-19-12(14)10-21-29(19)3)23-16-7-13(27-28(16)2)18-20-6-5-17(25-18)31-4/h5-10H,1-4H3,(H,23,24). The third-order valence-corrected chi connectivity index (χ3v) is 4.71. The number of ether oxygens (including phenoxy) is 1. The Morgan fingerprint density at radius 3 is 2.65 bits per heavy atom. The maximum atomic E-state index is 5.18. The lowest BCUT2D eigenvalue weighted by Gasteiger charge is -2.09. The van der Waals surface area contributed by atoms with Crippen LogP contribution >= 0.6 is 0 Å². The van der Waals surface area contributed by atoms with E-state index in [0.717, 1.165) is 16.8 Å². The molecular formula is C19H19N11O. The van der Waals surface area contributed by atoms with E-state index in [1.807, 2.05) is 33.2 Å². The summed E-state index contributed by atoms with van der Waals surface area (Å²) in [6, 6.07) is 5.41. The van der Waals surface area contributed by atoms with Crippen LogP contribution in [0.5, 0.6) is 5.88 Å². The zero-order chi connectivity index (χ0) is 21.5. The van der Waals surface area contributed by atoms with Gasteiger partial charge in [0.15, 0.2) is 11.5 Å². The summed E-state index contributed by atoms with van der Waals surface area (Å²) >= 11 is 0. The van der Waals surface area contributed by atoms with Gasteiger partial charge in [0.1, 0.15) is 23.0 Å². The highest BCUT2D eigenvalue weighted by atomic mass is 16.5. The predicted molar refractivity (Wildman–Crippen MR) is 112 cm³/mol. The summed E-state index contributed by atoms with van der Waals surface area (Å²) in [7, 11) is 5.23. The number of methoxy groups -OCH3 is 1. The van der Waals surface area contributed by atoms with Crippen molar-refractivity contribution < 1.29 is 4.74 Å². The van der Waals surface area contributed by atoms with Crippen LogP contribution in [0.2, 0.25) is 0 Å². The molecule has 0 spiro atoms. The van der Waals surface area contributed by atoms with Gasteiger partial charge in [-0.1, -0.05) is 0 Å². The second kappa shape index (κ2) is 7.16. The van der Waals surface area contributed by atoms with Gasteiger partial charge in [0.25, 0.3) is 0 Å². The molecule has 0 bridgehead atoms. The summed E-state index contributed by atoms with van der Waals surface area (Å²) in [4.78, 5) is 14.9. The smallest absolute Gasteiger partial charge is 0.216 e. The molecule has 0 aliphatic heterocycles. The highest BCUT2D eigenvalue weighted by Gasteiger charge is 2.16. The first kappa shape index (κ1) is 18.7. The highest BCUT2D eigenvalue weighted by Crippen LogP contribution is 2.26. The molecule has 0 unspecified atom stereocenters. The van der Waals surface area contributed by atoms with E-state index >= 15 is 0 Å². The molecule has 0 saturated carbocycles. The van der Waals surface area contributed by atoms with E-state index in [0.29, 0.717) is 34.7 Å². The molecule has 5 aromatic heterocycles. The molecular weight excluding hydrogens is 398 g/mol. The number of hydrogen-bond acceptors (Lipinski definition) is 9. The zero-order valence-corrected chi connectivity index (χ0v) is 17.3. The molecule has 12 heteroatoms. The van der Waals surface area contributed by atoms with Gasteiger partial charge in [-0.05, 0) is 6.92 Å². The highest BCUT2D eigenvalue weighted by molar-refractivity contribution is 5.86. The quantitative estimate of drug-likeness (QED) is 0.455. The fraction of sp³-hybridized carbons (Fsp3) is 0.211. The third kappa shape index (κ3) is 3.33. The van der Waals surface area contributed by atoms with Gasteiger partial charge in [0.2, 0.25) is 5.88 Å². The van der Waals surface area contributed by atoms with Gasteiger partial charge in [-0.3, -0.25) is 9.36 Å². The molecule has 0 fully saturated rings. The van der Waals surface area contributed by atoms with Crippen molar-refractivity contribution >= 4 is 22.7 Å². The lowest BCUT2D eigenvalue weighted by molar-refractivity contribution is 0.397. The minimum atomic E-state index is 0.468. The summed E-state index contributed by atoms with van der Waals surface area (Å²) < 4.78 is 8.58. The average molecular weight is 417 g/mol. The van der Waals surface area contributed by atoms with Gasteiger partial charge < -0.3 is 10.1 Å². The summed E-state index contributed by atoms with van der Waals surface area (Å²) in [5.74, 6) is 2.25. The van der Waals surface area contributed by atoms with E-state index in [2.05, 4.69) is 35.7 Å². The number of nitrogens with one attached hydrogen (secondary N) is 1. The monoisotopic (exact) mass is 417 g/mol. The van der Waals surface area contributed by atoms with Crippen LogP contribution in [0.1, 0.15) is 5.69 Å². The number of nitrogens with zero attached hydrogens (tertiary/aromatic N) is 10. The molecule has 156 valence electrons. The molecule has 31 heavy (non-hydrogen) atoms. The SMILES string of the molecule is COc1ccnc(-c2cc(Nc3cc(-n4ncc(C)n4)c4cnn(C)c4n3)n(C)n2)n1. The van der Waals surface area contributed by atoms with E-state index in [1.165, 1.54) is 0 Å². The molecule has 0 amide bonds. The summed E-state index contributed by atoms with van der Waals surface area (Å²) in [5.41, 5.74) is 2.90. The van der Waals surface area contributed by atoms with Crippen molar-refractivity contribution in [1.29, 1.82) is 0 Å². The Bertz CT molecular complexity index is 1400. The summed E-state index contributed by atoms with van der Waals surface area (Å²) in [6.07, 6.45) is 5.09. The Morgan fingerprint density at radius 2 is 1.87 bits per heavy atom. The van der Waals surface area contributed by atoms with E-state index in [4.69, 9.17) is 9.72 Å². The van der Waals surface area contributed by atoms with Crippen LogP contribution in [0.4, 0.5) is 11.6 Å². The van der Waals surface area contributed by atoms with Crippen molar-refractivity contribution in [1.82, 2.24) is 49.5 Å². The number of hydrogen-bond donors (Lipinski definition) is 1. The van der Waals surface area contributed by atoms with Crippen LogP contribution in [0, 0.1) is 6.92 Å². The second-order valence-corrected chi connectivity index (χ2v) is 6.89. The van der Waals surface area contributed by atoms with Gasteiger partial charge in [-0.2, -0.15) is 30.2 Å². The number of aryl methyl sites for hydroxylation is 3. The van der Waals surface area contributed by atoms with Gasteiger partial charge in [0, 0.05) is 38.5 Å². The Morgan fingerprint density at radius 1 is 1.00 bits per heavy atom. The second-order valence-electron chi connectivity index (χ2n) is 6.89. The van der Waals surface area contributed by atoms with Crippen LogP contribution in [0.25, 0.3) is 28.2 Å². The molecule has 5 aromatic rings. The average Bonchev–Trinajstić information content (AvgIpc) is 3.47. The number of pyridine rings is 1.